The van der Waals surface area contributed by atoms with Crippen LogP contribution in [0.25, 0.3) is 0 Å². The molecule has 3 N–H and O–H groups in total. The lowest BCUT2D eigenvalue weighted by atomic mass is 9.87. The van der Waals surface area contributed by atoms with Crippen molar-refractivity contribution in [2.75, 3.05) is 13.1 Å². The van der Waals surface area contributed by atoms with E-state index in [-0.39, 0.29) is 6.10 Å². The van der Waals surface area contributed by atoms with E-state index in [0.29, 0.717) is 6.42 Å². The van der Waals surface area contributed by atoms with Crippen molar-refractivity contribution in [3.63, 3.8) is 0 Å². The molecule has 0 bridgehead atoms. The first-order valence-electron chi connectivity index (χ1n) is 7.87. The fourth-order valence-corrected chi connectivity index (χ4v) is 2.30. The van der Waals surface area contributed by atoms with Gasteiger partial charge in [0, 0.05) is 24.4 Å². The Labute approximate surface area is 144 Å². The Hall–Kier alpha value is -1.87. The van der Waals surface area contributed by atoms with Crippen LogP contribution >= 0.6 is 0 Å². The maximum absolute atomic E-state index is 10.6. The zero-order chi connectivity index (χ0) is 19.1. The quantitative estimate of drug-likeness (QED) is 0.758. The normalized spacial score (nSPS) is 16.8. The number of carboxylic acids is 1. The van der Waals surface area contributed by atoms with Gasteiger partial charge in [-0.1, -0.05) is 0 Å². The van der Waals surface area contributed by atoms with E-state index >= 15 is 0 Å². The van der Waals surface area contributed by atoms with Crippen LogP contribution in [0.4, 0.5) is 13.2 Å². The summed E-state index contributed by atoms with van der Waals surface area (Å²) in [6, 6.07) is 3.79. The molecule has 0 saturated carbocycles. The highest BCUT2D eigenvalue weighted by atomic mass is 19.4. The molecule has 1 aromatic rings. The molecule has 1 saturated heterocycles. The number of hydrogen-bond donors (Lipinski definition) is 3. The van der Waals surface area contributed by atoms with Crippen molar-refractivity contribution in [3.05, 3.63) is 24.0 Å². The Balaban J connectivity index is 0.000000381. The third kappa shape index (κ3) is 8.17. The van der Waals surface area contributed by atoms with Crippen molar-refractivity contribution in [3.8, 4) is 5.75 Å². The fourth-order valence-electron chi connectivity index (χ4n) is 2.30. The Morgan fingerprint density at radius 3 is 2.44 bits per heavy atom. The highest BCUT2D eigenvalue weighted by Crippen LogP contribution is 2.24. The van der Waals surface area contributed by atoms with Crippen molar-refractivity contribution < 1.29 is 32.9 Å². The number of carboxylic acid groups (broad SMARTS) is 1. The van der Waals surface area contributed by atoms with Gasteiger partial charge in [0.15, 0.2) is 0 Å². The van der Waals surface area contributed by atoms with Crippen LogP contribution in [0.15, 0.2) is 18.3 Å². The number of hydrogen-bond acceptors (Lipinski definition) is 5. The number of pyridine rings is 1. The van der Waals surface area contributed by atoms with Gasteiger partial charge in [-0.25, -0.2) is 4.79 Å². The zero-order valence-electron chi connectivity index (χ0n) is 14.1. The standard InChI is InChI=1S/C14H22N2O2.C2HF3O2/c1-11(2)18-13-3-6-16-12(9-13)10-14(17)4-7-15-8-5-14;3-2(4,5)1(6)7/h3,6,9,11,15,17H,4-5,7-8,10H2,1-2H3;(H,6,7). The van der Waals surface area contributed by atoms with Gasteiger partial charge in [0.2, 0.25) is 0 Å². The van der Waals surface area contributed by atoms with Crippen LogP contribution in [0.3, 0.4) is 0 Å². The second-order valence-electron chi connectivity index (χ2n) is 6.10. The van der Waals surface area contributed by atoms with Crippen molar-refractivity contribution >= 4 is 5.97 Å². The molecule has 2 heterocycles. The molecule has 1 aromatic heterocycles. The molecule has 25 heavy (non-hydrogen) atoms. The molecule has 0 aliphatic carbocycles. The van der Waals surface area contributed by atoms with E-state index in [1.54, 1.807) is 6.20 Å². The Bertz CT molecular complexity index is 559. The molecule has 0 unspecified atom stereocenters. The molecular weight excluding hydrogens is 341 g/mol. The maximum Gasteiger partial charge on any atom is 0.490 e. The molecule has 9 heteroatoms. The van der Waals surface area contributed by atoms with E-state index in [2.05, 4.69) is 10.3 Å². The topological polar surface area (TPSA) is 91.7 Å². The van der Waals surface area contributed by atoms with E-state index in [1.807, 2.05) is 26.0 Å². The zero-order valence-corrected chi connectivity index (χ0v) is 14.1. The Morgan fingerprint density at radius 1 is 1.40 bits per heavy atom. The molecule has 1 aliphatic rings. The lowest BCUT2D eigenvalue weighted by molar-refractivity contribution is -0.192. The number of rotatable bonds is 4. The molecule has 0 atom stereocenters. The molecular formula is C16H23F3N2O4. The SMILES string of the molecule is CC(C)Oc1ccnc(CC2(O)CCNCC2)c1.O=C(O)C(F)(F)F. The van der Waals surface area contributed by atoms with Crippen LogP contribution in [0.2, 0.25) is 0 Å². The predicted molar refractivity (Wildman–Crippen MR) is 84.4 cm³/mol. The van der Waals surface area contributed by atoms with Crippen LogP contribution in [0, 0.1) is 0 Å². The molecule has 0 aromatic carbocycles. The minimum absolute atomic E-state index is 0.155. The van der Waals surface area contributed by atoms with E-state index in [1.165, 1.54) is 0 Å². The average molecular weight is 364 g/mol. The first-order valence-corrected chi connectivity index (χ1v) is 7.87. The number of aliphatic hydroxyl groups is 1. The summed E-state index contributed by atoms with van der Waals surface area (Å²) in [7, 11) is 0. The summed E-state index contributed by atoms with van der Waals surface area (Å²) in [6.07, 6.45) is -1.02. The minimum atomic E-state index is -5.08. The van der Waals surface area contributed by atoms with Crippen LogP contribution in [0.5, 0.6) is 5.75 Å². The minimum Gasteiger partial charge on any atom is -0.491 e. The molecule has 1 aliphatic heterocycles. The van der Waals surface area contributed by atoms with E-state index in [9.17, 15) is 18.3 Å². The lowest BCUT2D eigenvalue weighted by Crippen LogP contribution is -2.43. The van der Waals surface area contributed by atoms with Crippen LogP contribution in [0.1, 0.15) is 32.4 Å². The van der Waals surface area contributed by atoms with Gasteiger partial charge in [-0.3, -0.25) is 4.98 Å². The van der Waals surface area contributed by atoms with Gasteiger partial charge in [-0.05, 0) is 45.8 Å². The molecule has 142 valence electrons. The van der Waals surface area contributed by atoms with Gasteiger partial charge < -0.3 is 20.3 Å². The summed E-state index contributed by atoms with van der Waals surface area (Å²) in [5.74, 6) is -1.93. The Kier molecular flexibility index (Phi) is 7.62. The Morgan fingerprint density at radius 2 is 1.96 bits per heavy atom. The molecule has 0 radical (unpaired) electrons. The lowest BCUT2D eigenvalue weighted by Gasteiger charge is -2.32. The fraction of sp³-hybridized carbons (Fsp3) is 0.625. The number of nitrogens with one attached hydrogen (secondary N) is 1. The van der Waals surface area contributed by atoms with Gasteiger partial charge >= 0.3 is 12.1 Å². The predicted octanol–water partition coefficient (Wildman–Crippen LogP) is 2.16. The highest BCUT2D eigenvalue weighted by molar-refractivity contribution is 5.73. The molecule has 0 spiro atoms. The van der Waals surface area contributed by atoms with Crippen LogP contribution in [-0.4, -0.2) is 52.1 Å². The summed E-state index contributed by atoms with van der Waals surface area (Å²) in [6.45, 7) is 5.75. The number of ether oxygens (including phenoxy) is 1. The monoisotopic (exact) mass is 364 g/mol. The smallest absolute Gasteiger partial charge is 0.490 e. The number of nitrogens with zero attached hydrogens (tertiary/aromatic N) is 1. The van der Waals surface area contributed by atoms with Gasteiger partial charge in [0.05, 0.1) is 11.7 Å². The van der Waals surface area contributed by atoms with Gasteiger partial charge in [0.1, 0.15) is 5.75 Å². The average Bonchev–Trinajstić information content (AvgIpc) is 2.46. The molecule has 6 nitrogen and oxygen atoms in total. The van der Waals surface area contributed by atoms with Gasteiger partial charge in [-0.2, -0.15) is 13.2 Å². The first-order chi connectivity index (χ1) is 11.5. The highest BCUT2D eigenvalue weighted by Gasteiger charge is 2.38. The maximum atomic E-state index is 10.6. The summed E-state index contributed by atoms with van der Waals surface area (Å²) < 4.78 is 37.4. The number of alkyl halides is 3. The molecule has 2 rings (SSSR count). The molecule has 0 amide bonds. The van der Waals surface area contributed by atoms with Gasteiger partial charge in [0.25, 0.3) is 0 Å². The number of piperidine rings is 1. The van der Waals surface area contributed by atoms with E-state index < -0.39 is 17.7 Å². The summed E-state index contributed by atoms with van der Waals surface area (Å²) in [5, 5.41) is 20.9. The van der Waals surface area contributed by atoms with Crippen molar-refractivity contribution in [1.29, 1.82) is 0 Å². The molecule has 1 fully saturated rings. The number of aliphatic carboxylic acids is 1. The first kappa shape index (κ1) is 21.2. The third-order valence-electron chi connectivity index (χ3n) is 3.45. The third-order valence-corrected chi connectivity index (χ3v) is 3.45. The summed E-state index contributed by atoms with van der Waals surface area (Å²) in [4.78, 5) is 13.2. The van der Waals surface area contributed by atoms with Crippen molar-refractivity contribution in [1.82, 2.24) is 10.3 Å². The summed E-state index contributed by atoms with van der Waals surface area (Å²) in [5.41, 5.74) is 0.284. The van der Waals surface area contributed by atoms with Crippen LogP contribution in [-0.2, 0) is 11.2 Å². The number of halogens is 3. The largest absolute Gasteiger partial charge is 0.491 e. The summed E-state index contributed by atoms with van der Waals surface area (Å²) >= 11 is 0. The van der Waals surface area contributed by atoms with Crippen LogP contribution < -0.4 is 10.1 Å². The van der Waals surface area contributed by atoms with Crippen molar-refractivity contribution in [2.24, 2.45) is 0 Å². The second kappa shape index (κ2) is 9.00. The number of carbonyl (C=O) groups is 1. The van der Waals surface area contributed by atoms with Crippen molar-refractivity contribution in [2.45, 2.75) is 51.0 Å². The number of aromatic nitrogens is 1. The van der Waals surface area contributed by atoms with Gasteiger partial charge in [-0.15, -0.1) is 0 Å². The van der Waals surface area contributed by atoms with E-state index in [4.69, 9.17) is 14.6 Å². The van der Waals surface area contributed by atoms with E-state index in [0.717, 1.165) is 37.4 Å². The second-order valence-corrected chi connectivity index (χ2v) is 6.10.